The maximum absolute atomic E-state index is 12.5. The van der Waals surface area contributed by atoms with Crippen LogP contribution in [0.15, 0.2) is 24.3 Å². The van der Waals surface area contributed by atoms with Crippen LogP contribution in [0.3, 0.4) is 0 Å². The molecule has 2 rings (SSSR count). The molecule has 0 unspecified atom stereocenters. The molecule has 1 aliphatic rings. The standard InChI is InChI=1S/C17H19NO8/c1-17(22)8-11(19)13(15(20)25-2)12(14(17)16(21)26-3)9-5-4-6-10(7-9)18(23)24/h4-7,12-14,22H,8H2,1-3H3/t12-,13+,14-,17+/m1/s1. The molecular formula is C17H19NO8. The fourth-order valence-corrected chi connectivity index (χ4v) is 3.52. The summed E-state index contributed by atoms with van der Waals surface area (Å²) >= 11 is 0. The van der Waals surface area contributed by atoms with E-state index >= 15 is 0 Å². The van der Waals surface area contributed by atoms with Gasteiger partial charge in [0.2, 0.25) is 0 Å². The van der Waals surface area contributed by atoms with E-state index in [2.05, 4.69) is 0 Å². The second-order valence-electron chi connectivity index (χ2n) is 6.38. The number of benzene rings is 1. The summed E-state index contributed by atoms with van der Waals surface area (Å²) in [4.78, 5) is 47.6. The summed E-state index contributed by atoms with van der Waals surface area (Å²) in [6.07, 6.45) is -0.446. The lowest BCUT2D eigenvalue weighted by Crippen LogP contribution is -2.55. The van der Waals surface area contributed by atoms with Crippen LogP contribution in [0.5, 0.6) is 0 Å². The normalized spacial score (nSPS) is 28.3. The second kappa shape index (κ2) is 7.20. The van der Waals surface area contributed by atoms with Crippen molar-refractivity contribution in [3.63, 3.8) is 0 Å². The Balaban J connectivity index is 2.69. The van der Waals surface area contributed by atoms with Gasteiger partial charge in [-0.15, -0.1) is 0 Å². The quantitative estimate of drug-likeness (QED) is 0.361. The predicted molar refractivity (Wildman–Crippen MR) is 87.1 cm³/mol. The fraction of sp³-hybridized carbons (Fsp3) is 0.471. The third-order valence-corrected chi connectivity index (χ3v) is 4.64. The van der Waals surface area contributed by atoms with Crippen molar-refractivity contribution in [2.75, 3.05) is 14.2 Å². The van der Waals surface area contributed by atoms with E-state index in [0.29, 0.717) is 0 Å². The van der Waals surface area contributed by atoms with Crippen LogP contribution >= 0.6 is 0 Å². The number of nitro groups is 1. The van der Waals surface area contributed by atoms with Gasteiger partial charge in [-0.25, -0.2) is 0 Å². The molecule has 4 atom stereocenters. The molecule has 9 nitrogen and oxygen atoms in total. The van der Waals surface area contributed by atoms with Crippen LogP contribution in [0.4, 0.5) is 5.69 Å². The number of non-ortho nitro benzene ring substituents is 1. The smallest absolute Gasteiger partial charge is 0.316 e. The maximum atomic E-state index is 12.5. The molecule has 1 aromatic rings. The second-order valence-corrected chi connectivity index (χ2v) is 6.38. The summed E-state index contributed by atoms with van der Waals surface area (Å²) in [6, 6.07) is 5.25. The van der Waals surface area contributed by atoms with Crippen LogP contribution < -0.4 is 0 Å². The molecule has 0 bridgehead atoms. The molecule has 26 heavy (non-hydrogen) atoms. The molecule has 0 amide bonds. The Morgan fingerprint density at radius 3 is 2.42 bits per heavy atom. The number of methoxy groups -OCH3 is 2. The van der Waals surface area contributed by atoms with Gasteiger partial charge in [-0.1, -0.05) is 12.1 Å². The molecular weight excluding hydrogens is 346 g/mol. The lowest BCUT2D eigenvalue weighted by Gasteiger charge is -2.43. The van der Waals surface area contributed by atoms with Gasteiger partial charge in [-0.2, -0.15) is 0 Å². The van der Waals surface area contributed by atoms with Crippen LogP contribution in [0.1, 0.15) is 24.8 Å². The summed E-state index contributed by atoms with van der Waals surface area (Å²) in [5.41, 5.74) is -1.87. The largest absolute Gasteiger partial charge is 0.469 e. The first-order valence-corrected chi connectivity index (χ1v) is 7.79. The number of carbonyl (C=O) groups excluding carboxylic acids is 3. The molecule has 9 heteroatoms. The van der Waals surface area contributed by atoms with Gasteiger partial charge in [0, 0.05) is 24.5 Å². The van der Waals surface area contributed by atoms with E-state index in [-0.39, 0.29) is 11.3 Å². The van der Waals surface area contributed by atoms with Gasteiger partial charge >= 0.3 is 11.9 Å². The van der Waals surface area contributed by atoms with Crippen LogP contribution in [0.2, 0.25) is 0 Å². The zero-order valence-corrected chi connectivity index (χ0v) is 14.5. The van der Waals surface area contributed by atoms with E-state index in [1.165, 1.54) is 31.2 Å². The van der Waals surface area contributed by atoms with Crippen molar-refractivity contribution in [2.24, 2.45) is 11.8 Å². The van der Waals surface area contributed by atoms with E-state index < -0.39 is 52.4 Å². The number of nitrogens with zero attached hydrogens (tertiary/aromatic N) is 1. The highest BCUT2D eigenvalue weighted by Gasteiger charge is 2.57. The Labute approximate surface area is 149 Å². The molecule has 0 aromatic heterocycles. The van der Waals surface area contributed by atoms with Crippen molar-refractivity contribution in [1.29, 1.82) is 0 Å². The Morgan fingerprint density at radius 1 is 1.27 bits per heavy atom. The average molecular weight is 365 g/mol. The number of ether oxygens (including phenoxy) is 2. The number of hydrogen-bond acceptors (Lipinski definition) is 8. The summed E-state index contributed by atoms with van der Waals surface area (Å²) in [7, 11) is 2.21. The Bertz CT molecular complexity index is 757. The number of rotatable bonds is 4. The number of Topliss-reactive ketones (excluding diaryl/α,β-unsaturated/α-hetero) is 1. The number of nitro benzene ring substituents is 1. The lowest BCUT2D eigenvalue weighted by molar-refractivity contribution is -0.385. The lowest BCUT2D eigenvalue weighted by atomic mass is 9.61. The summed E-state index contributed by atoms with van der Waals surface area (Å²) in [6.45, 7) is 1.30. The van der Waals surface area contributed by atoms with Gasteiger partial charge < -0.3 is 14.6 Å². The number of carbonyl (C=O) groups is 3. The highest BCUT2D eigenvalue weighted by Crippen LogP contribution is 2.47. The molecule has 1 N–H and O–H groups in total. The summed E-state index contributed by atoms with van der Waals surface area (Å²) < 4.78 is 9.45. The van der Waals surface area contributed by atoms with Crippen molar-refractivity contribution < 1.29 is 33.9 Å². The van der Waals surface area contributed by atoms with Crippen LogP contribution in [-0.2, 0) is 23.9 Å². The first-order chi connectivity index (χ1) is 12.1. The van der Waals surface area contributed by atoms with E-state index in [4.69, 9.17) is 9.47 Å². The molecule has 0 heterocycles. The minimum Gasteiger partial charge on any atom is -0.469 e. The zero-order chi connectivity index (χ0) is 19.6. The van der Waals surface area contributed by atoms with Gasteiger partial charge in [0.25, 0.3) is 5.69 Å². The van der Waals surface area contributed by atoms with Gasteiger partial charge in [0.1, 0.15) is 5.92 Å². The molecule has 0 aliphatic heterocycles. The van der Waals surface area contributed by atoms with Crippen LogP contribution in [0.25, 0.3) is 0 Å². The Morgan fingerprint density at radius 2 is 1.88 bits per heavy atom. The third kappa shape index (κ3) is 3.43. The van der Waals surface area contributed by atoms with Crippen molar-refractivity contribution >= 4 is 23.4 Å². The van der Waals surface area contributed by atoms with E-state index in [1.54, 1.807) is 0 Å². The number of esters is 2. The summed E-state index contributed by atoms with van der Waals surface area (Å²) in [5.74, 6) is -6.14. The van der Waals surface area contributed by atoms with Crippen molar-refractivity contribution in [2.45, 2.75) is 24.9 Å². The molecule has 0 radical (unpaired) electrons. The molecule has 1 aromatic carbocycles. The SMILES string of the molecule is COC(=O)[C@H]1C(=O)C[C@](C)(O)[C@@H](C(=O)OC)[C@@H]1c1cccc([N+](=O)[O-])c1. The van der Waals surface area contributed by atoms with E-state index in [1.807, 2.05) is 0 Å². The van der Waals surface area contributed by atoms with Crippen molar-refractivity contribution in [3.8, 4) is 0 Å². The predicted octanol–water partition coefficient (Wildman–Crippen LogP) is 0.981. The highest BCUT2D eigenvalue weighted by molar-refractivity contribution is 6.02. The van der Waals surface area contributed by atoms with Gasteiger partial charge in [0.05, 0.1) is 30.7 Å². The molecule has 1 aliphatic carbocycles. The van der Waals surface area contributed by atoms with Gasteiger partial charge in [-0.3, -0.25) is 24.5 Å². The van der Waals surface area contributed by atoms with Gasteiger partial charge in [-0.05, 0) is 12.5 Å². The van der Waals surface area contributed by atoms with Crippen LogP contribution in [-0.4, -0.2) is 47.6 Å². The molecule has 1 fully saturated rings. The van der Waals surface area contributed by atoms with Crippen molar-refractivity contribution in [1.82, 2.24) is 0 Å². The number of hydrogen-bond donors (Lipinski definition) is 1. The Hall–Kier alpha value is -2.81. The number of ketones is 1. The van der Waals surface area contributed by atoms with Crippen LogP contribution in [0, 0.1) is 22.0 Å². The average Bonchev–Trinajstić information content (AvgIpc) is 2.59. The van der Waals surface area contributed by atoms with E-state index in [0.717, 1.165) is 14.2 Å². The van der Waals surface area contributed by atoms with Crippen molar-refractivity contribution in [3.05, 3.63) is 39.9 Å². The van der Waals surface area contributed by atoms with Gasteiger partial charge in [0.15, 0.2) is 5.78 Å². The summed E-state index contributed by atoms with van der Waals surface area (Å²) in [5, 5.41) is 21.8. The first-order valence-electron chi connectivity index (χ1n) is 7.79. The maximum Gasteiger partial charge on any atom is 0.316 e. The number of aliphatic hydroxyl groups is 1. The molecule has 0 saturated heterocycles. The molecule has 140 valence electrons. The molecule has 0 spiro atoms. The highest BCUT2D eigenvalue weighted by atomic mass is 16.6. The monoisotopic (exact) mass is 365 g/mol. The Kier molecular flexibility index (Phi) is 5.41. The first kappa shape index (κ1) is 19.5. The fourth-order valence-electron chi connectivity index (χ4n) is 3.52. The minimum absolute atomic E-state index is 0.193. The molecule has 1 saturated carbocycles. The topological polar surface area (TPSA) is 133 Å². The zero-order valence-electron chi connectivity index (χ0n) is 14.5. The van der Waals surface area contributed by atoms with E-state index in [9.17, 15) is 29.6 Å². The minimum atomic E-state index is -1.79. The third-order valence-electron chi connectivity index (χ3n) is 4.64.